The molecule has 6 atom stereocenters. The van der Waals surface area contributed by atoms with Crippen molar-refractivity contribution in [3.63, 3.8) is 0 Å². The molecule has 0 amide bonds. The summed E-state index contributed by atoms with van der Waals surface area (Å²) in [6.07, 6.45) is -5.66. The van der Waals surface area contributed by atoms with Crippen LogP contribution in [0.4, 0.5) is 0 Å². The highest BCUT2D eigenvalue weighted by Crippen LogP contribution is 2.66. The van der Waals surface area contributed by atoms with Gasteiger partial charge in [-0.2, -0.15) is 8.62 Å². The highest BCUT2D eigenvalue weighted by molar-refractivity contribution is 7.66. The average Bonchev–Trinajstić information content (AvgIpc) is 2.83. The Balaban J connectivity index is 2.09. The average molecular weight is 498 g/mol. The smallest absolute Gasteiger partial charge is 0.387 e. The minimum atomic E-state index is -5.73. The Labute approximate surface area is 166 Å². The van der Waals surface area contributed by atoms with Crippen molar-refractivity contribution in [3.8, 4) is 0 Å². The molecule has 6 N–H and O–H groups in total. The maximum absolute atomic E-state index is 12.1. The maximum atomic E-state index is 12.1. The summed E-state index contributed by atoms with van der Waals surface area (Å²) in [4.78, 5) is 58.9. The minimum Gasteiger partial charge on any atom is -0.387 e. The van der Waals surface area contributed by atoms with E-state index in [-0.39, 0.29) is 0 Å². The Hall–Kier alpha value is -1.03. The second kappa shape index (κ2) is 8.84. The van der Waals surface area contributed by atoms with Gasteiger partial charge in [0.1, 0.15) is 18.3 Å². The molecular formula is C10H17N2O15P3. The van der Waals surface area contributed by atoms with E-state index in [0.29, 0.717) is 4.57 Å². The van der Waals surface area contributed by atoms with Gasteiger partial charge in [0.15, 0.2) is 6.23 Å². The number of aliphatic hydroxyl groups is 2. The van der Waals surface area contributed by atoms with Gasteiger partial charge < -0.3 is 34.5 Å². The third-order valence-electron chi connectivity index (χ3n) is 3.65. The molecule has 1 saturated heterocycles. The first-order valence-electron chi connectivity index (χ1n) is 7.61. The molecular weight excluding hydrogens is 481 g/mol. The quantitative estimate of drug-likeness (QED) is 0.203. The summed E-state index contributed by atoms with van der Waals surface area (Å²) in [5, 5.41) is 20.1. The van der Waals surface area contributed by atoms with E-state index < -0.39 is 65.9 Å². The van der Waals surface area contributed by atoms with Crippen molar-refractivity contribution in [1.29, 1.82) is 0 Å². The Kier molecular flexibility index (Phi) is 7.44. The van der Waals surface area contributed by atoms with Crippen LogP contribution in [0.1, 0.15) is 6.23 Å². The third-order valence-corrected chi connectivity index (χ3v) is 7.45. The first kappa shape index (κ1) is 25.2. The van der Waals surface area contributed by atoms with Gasteiger partial charge in [0.25, 0.3) is 5.56 Å². The number of aromatic nitrogens is 2. The highest BCUT2D eigenvalue weighted by Gasteiger charge is 2.46. The van der Waals surface area contributed by atoms with E-state index in [9.17, 15) is 38.4 Å². The van der Waals surface area contributed by atoms with Crippen molar-refractivity contribution in [3.05, 3.63) is 33.1 Å². The molecule has 30 heavy (non-hydrogen) atoms. The van der Waals surface area contributed by atoms with E-state index in [4.69, 9.17) is 19.4 Å². The molecule has 3 unspecified atom stereocenters. The van der Waals surface area contributed by atoms with Crippen LogP contribution in [-0.4, -0.2) is 63.8 Å². The minimum absolute atomic E-state index is 0.659. The summed E-state index contributed by atoms with van der Waals surface area (Å²) in [6, 6.07) is 0.975. The van der Waals surface area contributed by atoms with E-state index in [2.05, 4.69) is 13.1 Å². The topological polar surface area (TPSA) is 254 Å². The van der Waals surface area contributed by atoms with Gasteiger partial charge in [-0.15, -0.1) is 0 Å². The van der Waals surface area contributed by atoms with E-state index in [1.165, 1.54) is 0 Å². The maximum Gasteiger partial charge on any atom is 0.490 e. The van der Waals surface area contributed by atoms with Crippen molar-refractivity contribution in [2.75, 3.05) is 6.61 Å². The summed E-state index contributed by atoms with van der Waals surface area (Å²) in [5.41, 5.74) is -1.57. The lowest BCUT2D eigenvalue weighted by Crippen LogP contribution is -2.41. The fourth-order valence-electron chi connectivity index (χ4n) is 2.35. The second-order valence-electron chi connectivity index (χ2n) is 5.84. The number of nitrogens with zero attached hydrogens (tertiary/aromatic N) is 2. The molecule has 1 fully saturated rings. The number of aliphatic hydroxyl groups excluding tert-OH is 2. The fraction of sp³-hybridized carbons (Fsp3) is 0.600. The predicted molar refractivity (Wildman–Crippen MR) is 91.7 cm³/mol. The van der Waals surface area contributed by atoms with E-state index in [1.807, 2.05) is 0 Å². The molecule has 1 aliphatic heterocycles. The third kappa shape index (κ3) is 6.24. The van der Waals surface area contributed by atoms with Crippen LogP contribution in [0.3, 0.4) is 0 Å². The van der Waals surface area contributed by atoms with Gasteiger partial charge in [-0.05, 0) is 0 Å². The van der Waals surface area contributed by atoms with Gasteiger partial charge in [0.2, 0.25) is 0 Å². The normalized spacial score (nSPS) is 28.8. The van der Waals surface area contributed by atoms with E-state index >= 15 is 0 Å². The molecule has 0 radical (unpaired) electrons. The standard InChI is InChI=1S/C10H17N2O15P3/c1-11-6(13)2-3-12(10(11)16)9-8(15)7(14)5(25-9)4-24-29(20,21)27-30(22,23)26-28(17,18)19/h2-3,5,7-9,14-15H,4H2,1H3,(H,20,21)(H,22,23)(H2,17,18,19)/t5-,7+,8?,9-/m1/s1. The zero-order chi connectivity index (χ0) is 23.1. The predicted octanol–water partition coefficient (Wildman–Crippen LogP) is -2.49. The van der Waals surface area contributed by atoms with Gasteiger partial charge in [0.05, 0.1) is 6.61 Å². The Morgan fingerprint density at radius 1 is 1.03 bits per heavy atom. The van der Waals surface area contributed by atoms with Gasteiger partial charge in [-0.1, -0.05) is 0 Å². The van der Waals surface area contributed by atoms with Crippen LogP contribution in [0.25, 0.3) is 0 Å². The molecule has 20 heteroatoms. The Morgan fingerprint density at radius 3 is 2.20 bits per heavy atom. The van der Waals surface area contributed by atoms with Gasteiger partial charge in [-0.25, -0.2) is 18.5 Å². The van der Waals surface area contributed by atoms with Crippen LogP contribution in [0.15, 0.2) is 21.9 Å². The summed E-state index contributed by atoms with van der Waals surface area (Å²) < 4.78 is 51.5. The molecule has 1 aromatic rings. The summed E-state index contributed by atoms with van der Waals surface area (Å²) in [5.74, 6) is 0. The molecule has 0 saturated carbocycles. The molecule has 0 aliphatic carbocycles. The summed E-state index contributed by atoms with van der Waals surface area (Å²) in [6.45, 7) is -1.04. The van der Waals surface area contributed by atoms with Gasteiger partial charge in [-0.3, -0.25) is 18.5 Å². The van der Waals surface area contributed by atoms with Crippen molar-refractivity contribution >= 4 is 23.5 Å². The van der Waals surface area contributed by atoms with Crippen molar-refractivity contribution < 1.29 is 61.4 Å². The van der Waals surface area contributed by atoms with Gasteiger partial charge >= 0.3 is 29.2 Å². The van der Waals surface area contributed by atoms with Crippen LogP contribution in [0, 0.1) is 0 Å². The second-order valence-corrected chi connectivity index (χ2v) is 10.3. The van der Waals surface area contributed by atoms with E-state index in [0.717, 1.165) is 23.9 Å². The van der Waals surface area contributed by atoms with E-state index in [1.54, 1.807) is 0 Å². The molecule has 0 aromatic carbocycles. The van der Waals surface area contributed by atoms with Crippen LogP contribution in [0.5, 0.6) is 0 Å². The Bertz CT molecular complexity index is 1040. The summed E-state index contributed by atoms with van der Waals surface area (Å²) in [7, 11) is -15.6. The SMILES string of the molecule is Cn1c(=O)ccn([C@@H]2O[C@H](COP(=O)(O)OP(=O)(O)OP(=O)(O)O)[C@H](O)C2O)c1=O. The lowest BCUT2D eigenvalue weighted by Gasteiger charge is -2.19. The molecule has 2 heterocycles. The van der Waals surface area contributed by atoms with Crippen LogP contribution in [0.2, 0.25) is 0 Å². The molecule has 0 bridgehead atoms. The molecule has 17 nitrogen and oxygen atoms in total. The van der Waals surface area contributed by atoms with Crippen molar-refractivity contribution in [2.24, 2.45) is 7.05 Å². The number of phosphoric acid groups is 3. The first-order valence-corrected chi connectivity index (χ1v) is 12.1. The first-order chi connectivity index (χ1) is 13.5. The molecule has 2 rings (SSSR count). The number of phosphoric ester groups is 1. The number of hydrogen-bond donors (Lipinski definition) is 6. The van der Waals surface area contributed by atoms with Crippen LogP contribution >= 0.6 is 23.5 Å². The van der Waals surface area contributed by atoms with Crippen LogP contribution in [-0.2, 0) is 38.6 Å². The zero-order valence-electron chi connectivity index (χ0n) is 14.8. The van der Waals surface area contributed by atoms with Crippen LogP contribution < -0.4 is 11.2 Å². The number of rotatable bonds is 8. The molecule has 172 valence electrons. The number of ether oxygens (including phenoxy) is 1. The molecule has 1 aliphatic rings. The molecule has 1 aromatic heterocycles. The lowest BCUT2D eigenvalue weighted by molar-refractivity contribution is -0.0547. The van der Waals surface area contributed by atoms with Crippen molar-refractivity contribution in [2.45, 2.75) is 24.5 Å². The molecule has 0 spiro atoms. The summed E-state index contributed by atoms with van der Waals surface area (Å²) >= 11 is 0. The lowest BCUT2D eigenvalue weighted by atomic mass is 10.1. The zero-order valence-corrected chi connectivity index (χ0v) is 17.4. The number of hydrogen-bond acceptors (Lipinski definition) is 11. The van der Waals surface area contributed by atoms with Crippen molar-refractivity contribution in [1.82, 2.24) is 9.13 Å². The monoisotopic (exact) mass is 498 g/mol. The van der Waals surface area contributed by atoms with Gasteiger partial charge in [0, 0.05) is 19.3 Å². The highest BCUT2D eigenvalue weighted by atomic mass is 31.3. The largest absolute Gasteiger partial charge is 0.490 e. The Morgan fingerprint density at radius 2 is 1.63 bits per heavy atom. The fourth-order valence-corrected chi connectivity index (χ4v) is 5.38.